The number of nitrogens with one attached hydrogen (secondary N) is 1. The van der Waals surface area contributed by atoms with Gasteiger partial charge in [-0.2, -0.15) is 0 Å². The molecule has 0 fully saturated rings. The summed E-state index contributed by atoms with van der Waals surface area (Å²) in [6, 6.07) is 5.15. The van der Waals surface area contributed by atoms with Gasteiger partial charge in [-0.1, -0.05) is 0 Å². The molecule has 1 heterocycles. The number of oxazole rings is 1. The van der Waals surface area contributed by atoms with E-state index in [1.807, 2.05) is 0 Å². The van der Waals surface area contributed by atoms with Gasteiger partial charge in [0.05, 0.1) is 0 Å². The Labute approximate surface area is 92.6 Å². The number of amides is 1. The van der Waals surface area contributed by atoms with E-state index in [2.05, 4.69) is 10.3 Å². The van der Waals surface area contributed by atoms with Gasteiger partial charge >= 0.3 is 0 Å². The highest BCUT2D eigenvalue weighted by molar-refractivity contribution is 5.96. The zero-order valence-electron chi connectivity index (χ0n) is 8.77. The van der Waals surface area contributed by atoms with Crippen molar-refractivity contribution in [3.63, 3.8) is 0 Å². The normalized spacial score (nSPS) is 10.6. The largest absolute Gasteiger partial charge is 0.443 e. The Morgan fingerprint density at radius 2 is 2.38 bits per heavy atom. The zero-order valence-corrected chi connectivity index (χ0v) is 8.77. The highest BCUT2D eigenvalue weighted by atomic mass is 16.3. The van der Waals surface area contributed by atoms with Gasteiger partial charge in [-0.25, -0.2) is 4.98 Å². The minimum absolute atomic E-state index is 0.113. The molecule has 2 aromatic rings. The molecular formula is C11H13N3O2. The van der Waals surface area contributed by atoms with Gasteiger partial charge in [0.25, 0.3) is 5.91 Å². The van der Waals surface area contributed by atoms with Gasteiger partial charge in [-0.05, 0) is 31.2 Å². The molecule has 1 aromatic carbocycles. The fourth-order valence-corrected chi connectivity index (χ4v) is 1.41. The number of fused-ring (bicyclic) bond motifs is 1. The van der Waals surface area contributed by atoms with Crippen molar-refractivity contribution in [1.29, 1.82) is 0 Å². The van der Waals surface area contributed by atoms with E-state index in [9.17, 15) is 4.79 Å². The second kappa shape index (κ2) is 4.76. The molecule has 0 aliphatic rings. The molecule has 5 nitrogen and oxygen atoms in total. The fourth-order valence-electron chi connectivity index (χ4n) is 1.41. The molecule has 0 spiro atoms. The smallest absolute Gasteiger partial charge is 0.251 e. The van der Waals surface area contributed by atoms with Crippen LogP contribution in [0.4, 0.5) is 0 Å². The molecule has 1 amide bonds. The fraction of sp³-hybridized carbons (Fsp3) is 0.273. The molecule has 0 unspecified atom stereocenters. The van der Waals surface area contributed by atoms with Crippen LogP contribution >= 0.6 is 0 Å². The molecule has 84 valence electrons. The summed E-state index contributed by atoms with van der Waals surface area (Å²) in [5.41, 5.74) is 7.29. The van der Waals surface area contributed by atoms with Crippen LogP contribution in [0.2, 0.25) is 0 Å². The summed E-state index contributed by atoms with van der Waals surface area (Å²) in [7, 11) is 0. The van der Waals surface area contributed by atoms with Crippen LogP contribution in [0.15, 0.2) is 29.0 Å². The van der Waals surface area contributed by atoms with E-state index in [0.717, 1.165) is 6.42 Å². The van der Waals surface area contributed by atoms with E-state index < -0.39 is 0 Å². The first-order chi connectivity index (χ1) is 7.81. The van der Waals surface area contributed by atoms with Crippen LogP contribution in [0.5, 0.6) is 0 Å². The number of hydrogen-bond donors (Lipinski definition) is 2. The molecule has 0 atom stereocenters. The van der Waals surface area contributed by atoms with E-state index in [1.54, 1.807) is 18.2 Å². The molecule has 0 radical (unpaired) electrons. The average Bonchev–Trinajstić information content (AvgIpc) is 2.76. The van der Waals surface area contributed by atoms with Crippen LogP contribution < -0.4 is 11.1 Å². The Bertz CT molecular complexity index is 493. The summed E-state index contributed by atoms with van der Waals surface area (Å²) in [5.74, 6) is -0.113. The maximum Gasteiger partial charge on any atom is 0.251 e. The molecule has 1 aromatic heterocycles. The second-order valence-corrected chi connectivity index (χ2v) is 3.43. The minimum Gasteiger partial charge on any atom is -0.443 e. The molecule has 0 aliphatic carbocycles. The average molecular weight is 219 g/mol. The lowest BCUT2D eigenvalue weighted by Gasteiger charge is -2.03. The van der Waals surface area contributed by atoms with Crippen molar-refractivity contribution in [2.24, 2.45) is 5.73 Å². The highest BCUT2D eigenvalue weighted by Crippen LogP contribution is 2.13. The van der Waals surface area contributed by atoms with Gasteiger partial charge in [-0.3, -0.25) is 4.79 Å². The SMILES string of the molecule is NCCCNC(=O)c1ccc2ocnc2c1. The van der Waals surface area contributed by atoms with Gasteiger partial charge in [0, 0.05) is 12.1 Å². The molecule has 0 bridgehead atoms. The van der Waals surface area contributed by atoms with Gasteiger partial charge in [0.2, 0.25) is 0 Å². The maximum atomic E-state index is 11.7. The Kier molecular flexibility index (Phi) is 3.16. The summed E-state index contributed by atoms with van der Waals surface area (Å²) in [6.07, 6.45) is 2.14. The second-order valence-electron chi connectivity index (χ2n) is 3.43. The van der Waals surface area contributed by atoms with E-state index in [1.165, 1.54) is 6.39 Å². The van der Waals surface area contributed by atoms with Crippen molar-refractivity contribution in [3.05, 3.63) is 30.2 Å². The number of nitrogens with two attached hydrogens (primary N) is 1. The number of aromatic nitrogens is 1. The molecule has 0 saturated carbocycles. The first-order valence-corrected chi connectivity index (χ1v) is 5.13. The molecule has 3 N–H and O–H groups in total. The van der Waals surface area contributed by atoms with Crippen LogP contribution in [0, 0.1) is 0 Å². The lowest BCUT2D eigenvalue weighted by molar-refractivity contribution is 0.0953. The van der Waals surface area contributed by atoms with Gasteiger partial charge in [0.15, 0.2) is 12.0 Å². The first kappa shape index (κ1) is 10.6. The zero-order chi connectivity index (χ0) is 11.4. The number of nitrogens with zero attached hydrogens (tertiary/aromatic N) is 1. The lowest BCUT2D eigenvalue weighted by Crippen LogP contribution is -2.25. The Hall–Kier alpha value is -1.88. The standard InChI is InChI=1S/C11H13N3O2/c12-4-1-5-13-11(15)8-2-3-10-9(6-8)14-7-16-10/h2-3,6-7H,1,4-5,12H2,(H,13,15). The summed E-state index contributed by atoms with van der Waals surface area (Å²) in [6.45, 7) is 1.16. The van der Waals surface area contributed by atoms with Crippen LogP contribution in [0.25, 0.3) is 11.1 Å². The van der Waals surface area contributed by atoms with Gasteiger partial charge < -0.3 is 15.5 Å². The molecule has 5 heteroatoms. The number of hydrogen-bond acceptors (Lipinski definition) is 4. The minimum atomic E-state index is -0.113. The summed E-state index contributed by atoms with van der Waals surface area (Å²) >= 11 is 0. The van der Waals surface area contributed by atoms with Crippen molar-refractivity contribution in [2.75, 3.05) is 13.1 Å². The van der Waals surface area contributed by atoms with Crippen molar-refractivity contribution < 1.29 is 9.21 Å². The Morgan fingerprint density at radius 1 is 1.50 bits per heavy atom. The number of carbonyl (C=O) groups excluding carboxylic acids is 1. The molecule has 0 aliphatic heterocycles. The third kappa shape index (κ3) is 2.20. The number of carbonyl (C=O) groups is 1. The van der Waals surface area contributed by atoms with Crippen LogP contribution in [0.1, 0.15) is 16.8 Å². The Balaban J connectivity index is 2.10. The summed E-state index contributed by atoms with van der Waals surface area (Å²) in [5, 5.41) is 2.78. The third-order valence-corrected chi connectivity index (χ3v) is 2.26. The monoisotopic (exact) mass is 219 g/mol. The molecule has 2 rings (SSSR count). The van der Waals surface area contributed by atoms with Gasteiger partial charge in [0.1, 0.15) is 5.52 Å². The van der Waals surface area contributed by atoms with Crippen molar-refractivity contribution >= 4 is 17.0 Å². The Morgan fingerprint density at radius 3 is 3.19 bits per heavy atom. The van der Waals surface area contributed by atoms with E-state index in [4.69, 9.17) is 10.2 Å². The van der Waals surface area contributed by atoms with Crippen molar-refractivity contribution in [1.82, 2.24) is 10.3 Å². The predicted molar refractivity (Wildman–Crippen MR) is 60.0 cm³/mol. The predicted octanol–water partition coefficient (Wildman–Crippen LogP) is 0.906. The van der Waals surface area contributed by atoms with Crippen molar-refractivity contribution in [2.45, 2.75) is 6.42 Å². The van der Waals surface area contributed by atoms with Crippen molar-refractivity contribution in [3.8, 4) is 0 Å². The third-order valence-electron chi connectivity index (χ3n) is 2.26. The number of rotatable bonds is 4. The molecule has 16 heavy (non-hydrogen) atoms. The summed E-state index contributed by atoms with van der Waals surface area (Å²) < 4.78 is 5.09. The topological polar surface area (TPSA) is 81.1 Å². The maximum absolute atomic E-state index is 11.7. The van der Waals surface area contributed by atoms with E-state index >= 15 is 0 Å². The number of benzene rings is 1. The van der Waals surface area contributed by atoms with Crippen LogP contribution in [0.3, 0.4) is 0 Å². The van der Waals surface area contributed by atoms with Crippen LogP contribution in [-0.4, -0.2) is 24.0 Å². The van der Waals surface area contributed by atoms with Gasteiger partial charge in [-0.15, -0.1) is 0 Å². The van der Waals surface area contributed by atoms with E-state index in [-0.39, 0.29) is 5.91 Å². The lowest BCUT2D eigenvalue weighted by atomic mass is 10.2. The van der Waals surface area contributed by atoms with E-state index in [0.29, 0.717) is 29.8 Å². The van der Waals surface area contributed by atoms with Crippen LogP contribution in [-0.2, 0) is 0 Å². The quantitative estimate of drug-likeness (QED) is 0.749. The molecular weight excluding hydrogens is 206 g/mol. The highest BCUT2D eigenvalue weighted by Gasteiger charge is 2.07. The summed E-state index contributed by atoms with van der Waals surface area (Å²) in [4.78, 5) is 15.7. The molecule has 0 saturated heterocycles. The first-order valence-electron chi connectivity index (χ1n) is 5.13.